The number of sulfone groups is 1. The van der Waals surface area contributed by atoms with E-state index in [2.05, 4.69) is 0 Å². The molecule has 0 bridgehead atoms. The van der Waals surface area contributed by atoms with Gasteiger partial charge in [-0.15, -0.1) is 0 Å². The molecule has 6 nitrogen and oxygen atoms in total. The zero-order valence-corrected chi connectivity index (χ0v) is 14.7. The van der Waals surface area contributed by atoms with Crippen molar-refractivity contribution in [3.8, 4) is 0 Å². The normalized spacial score (nSPS) is 11.0. The lowest BCUT2D eigenvalue weighted by molar-refractivity contribution is 0.0513. The van der Waals surface area contributed by atoms with Gasteiger partial charge in [0.15, 0.2) is 0 Å². The third-order valence-corrected chi connectivity index (χ3v) is 5.21. The first-order valence-electron chi connectivity index (χ1n) is 7.70. The Morgan fingerprint density at radius 2 is 1.12 bits per heavy atom. The molecule has 0 N–H and O–H groups in total. The molecule has 0 unspecified atom stereocenters. The van der Waals surface area contributed by atoms with Crippen molar-refractivity contribution in [1.82, 2.24) is 0 Å². The fourth-order valence-corrected chi connectivity index (χ4v) is 3.91. The third-order valence-electron chi connectivity index (χ3n) is 3.34. The van der Waals surface area contributed by atoms with Gasteiger partial charge in [0.1, 0.15) is 0 Å². The van der Waals surface area contributed by atoms with Crippen LogP contribution in [0.1, 0.15) is 34.6 Å². The van der Waals surface area contributed by atoms with E-state index in [1.54, 1.807) is 26.0 Å². The highest BCUT2D eigenvalue weighted by Crippen LogP contribution is 2.27. The molecule has 25 heavy (non-hydrogen) atoms. The van der Waals surface area contributed by atoms with E-state index in [9.17, 15) is 18.0 Å². The molecule has 2 aromatic carbocycles. The molecular formula is C18H18O6S. The predicted molar refractivity (Wildman–Crippen MR) is 90.2 cm³/mol. The number of esters is 2. The highest BCUT2D eigenvalue weighted by atomic mass is 32.2. The van der Waals surface area contributed by atoms with Crippen LogP contribution in [-0.4, -0.2) is 33.6 Å². The first kappa shape index (κ1) is 18.7. The SMILES string of the molecule is CCOC(=O)c1ccccc1S(=O)(=O)c1ccccc1C(=O)OCC. The van der Waals surface area contributed by atoms with Crippen LogP contribution in [0.25, 0.3) is 0 Å². The number of rotatable bonds is 6. The van der Waals surface area contributed by atoms with Crippen molar-refractivity contribution >= 4 is 21.8 Å². The van der Waals surface area contributed by atoms with Gasteiger partial charge >= 0.3 is 11.9 Å². The van der Waals surface area contributed by atoms with Crippen LogP contribution in [-0.2, 0) is 19.3 Å². The van der Waals surface area contributed by atoms with Crippen molar-refractivity contribution in [1.29, 1.82) is 0 Å². The summed E-state index contributed by atoms with van der Waals surface area (Å²) < 4.78 is 36.0. The summed E-state index contributed by atoms with van der Waals surface area (Å²) in [6, 6.07) is 11.5. The maximum absolute atomic E-state index is 13.1. The van der Waals surface area contributed by atoms with Crippen molar-refractivity contribution in [3.05, 3.63) is 59.7 Å². The quantitative estimate of drug-likeness (QED) is 0.735. The molecule has 0 aromatic heterocycles. The Bertz CT molecular complexity index is 818. The van der Waals surface area contributed by atoms with Crippen LogP contribution in [0.4, 0.5) is 0 Å². The van der Waals surface area contributed by atoms with Crippen molar-refractivity contribution in [2.75, 3.05) is 13.2 Å². The van der Waals surface area contributed by atoms with Gasteiger partial charge < -0.3 is 9.47 Å². The van der Waals surface area contributed by atoms with Crippen molar-refractivity contribution < 1.29 is 27.5 Å². The molecule has 2 rings (SSSR count). The highest BCUT2D eigenvalue weighted by Gasteiger charge is 2.29. The average molecular weight is 362 g/mol. The van der Waals surface area contributed by atoms with E-state index in [1.807, 2.05) is 0 Å². The van der Waals surface area contributed by atoms with Gasteiger partial charge in [0.25, 0.3) is 0 Å². The highest BCUT2D eigenvalue weighted by molar-refractivity contribution is 7.91. The third kappa shape index (κ3) is 3.88. The van der Waals surface area contributed by atoms with Crippen LogP contribution in [0.5, 0.6) is 0 Å². The van der Waals surface area contributed by atoms with E-state index >= 15 is 0 Å². The summed E-state index contributed by atoms with van der Waals surface area (Å²) in [5.74, 6) is -1.48. The maximum atomic E-state index is 13.1. The van der Waals surface area contributed by atoms with Gasteiger partial charge in [0, 0.05) is 0 Å². The monoisotopic (exact) mass is 362 g/mol. The summed E-state index contributed by atoms with van der Waals surface area (Å²) in [4.78, 5) is 23.7. The van der Waals surface area contributed by atoms with Crippen molar-refractivity contribution in [2.24, 2.45) is 0 Å². The number of carbonyl (C=O) groups excluding carboxylic acids is 2. The van der Waals surface area contributed by atoms with Crippen LogP contribution in [0.2, 0.25) is 0 Å². The van der Waals surface area contributed by atoms with Gasteiger partial charge in [-0.1, -0.05) is 24.3 Å². The van der Waals surface area contributed by atoms with Gasteiger partial charge in [-0.05, 0) is 38.1 Å². The molecule has 0 saturated carbocycles. The summed E-state index contributed by atoms with van der Waals surface area (Å²) in [5.41, 5.74) is -0.161. The lowest BCUT2D eigenvalue weighted by Gasteiger charge is -2.12. The van der Waals surface area contributed by atoms with E-state index < -0.39 is 21.8 Å². The Morgan fingerprint density at radius 1 is 0.760 bits per heavy atom. The van der Waals surface area contributed by atoms with E-state index in [-0.39, 0.29) is 34.1 Å². The summed E-state index contributed by atoms with van der Waals surface area (Å²) in [5, 5.41) is 0. The number of ether oxygens (including phenoxy) is 2. The summed E-state index contributed by atoms with van der Waals surface area (Å²) in [6.07, 6.45) is 0. The fraction of sp³-hybridized carbons (Fsp3) is 0.222. The van der Waals surface area contributed by atoms with E-state index in [4.69, 9.17) is 9.47 Å². The maximum Gasteiger partial charge on any atom is 0.339 e. The lowest BCUT2D eigenvalue weighted by Crippen LogP contribution is -2.16. The van der Waals surface area contributed by atoms with Crippen LogP contribution >= 0.6 is 0 Å². The lowest BCUT2D eigenvalue weighted by atomic mass is 10.2. The summed E-state index contributed by atoms with van der Waals surface area (Å²) in [7, 11) is -4.13. The van der Waals surface area contributed by atoms with Gasteiger partial charge in [-0.2, -0.15) is 0 Å². The molecule has 132 valence electrons. The molecule has 7 heteroatoms. The smallest absolute Gasteiger partial charge is 0.339 e. The van der Waals surface area contributed by atoms with Gasteiger partial charge in [0.05, 0.1) is 34.1 Å². The standard InChI is InChI=1S/C18H18O6S/c1-3-23-17(19)13-9-5-7-11-15(13)25(21,22)16-12-8-6-10-14(16)18(20)24-4-2/h5-12H,3-4H2,1-2H3. The molecule has 0 aliphatic carbocycles. The number of hydrogen-bond donors (Lipinski definition) is 0. The fourth-order valence-electron chi connectivity index (χ4n) is 2.28. The van der Waals surface area contributed by atoms with Crippen LogP contribution in [0.3, 0.4) is 0 Å². The average Bonchev–Trinajstić information content (AvgIpc) is 2.62. The van der Waals surface area contributed by atoms with Crippen molar-refractivity contribution in [3.63, 3.8) is 0 Å². The van der Waals surface area contributed by atoms with E-state index in [1.165, 1.54) is 36.4 Å². The molecule has 0 atom stereocenters. The molecule has 2 aromatic rings. The van der Waals surface area contributed by atoms with Crippen LogP contribution < -0.4 is 0 Å². The molecule has 0 amide bonds. The molecular weight excluding hydrogens is 344 g/mol. The van der Waals surface area contributed by atoms with Gasteiger partial charge in [-0.3, -0.25) is 0 Å². The van der Waals surface area contributed by atoms with Gasteiger partial charge in [0.2, 0.25) is 9.84 Å². The largest absolute Gasteiger partial charge is 0.462 e. The Kier molecular flexibility index (Phi) is 5.93. The summed E-state index contributed by atoms with van der Waals surface area (Å²) in [6.45, 7) is 3.50. The number of hydrogen-bond acceptors (Lipinski definition) is 6. The Labute approximate surface area is 146 Å². The molecule has 0 saturated heterocycles. The second-order valence-electron chi connectivity index (χ2n) is 4.94. The van der Waals surface area contributed by atoms with E-state index in [0.29, 0.717) is 0 Å². The Morgan fingerprint density at radius 3 is 1.48 bits per heavy atom. The zero-order valence-electron chi connectivity index (χ0n) is 13.9. The molecule has 0 heterocycles. The number of benzene rings is 2. The molecule has 0 radical (unpaired) electrons. The first-order chi connectivity index (χ1) is 11.9. The molecule has 0 spiro atoms. The predicted octanol–water partition coefficient (Wildman–Crippen LogP) is 2.87. The van der Waals surface area contributed by atoms with Crippen molar-refractivity contribution in [2.45, 2.75) is 23.6 Å². The Hall–Kier alpha value is -2.67. The Balaban J connectivity index is 2.62. The molecule has 0 fully saturated rings. The van der Waals surface area contributed by atoms with Crippen LogP contribution in [0, 0.1) is 0 Å². The minimum atomic E-state index is -4.13. The molecule has 0 aliphatic rings. The second kappa shape index (κ2) is 7.94. The van der Waals surface area contributed by atoms with Gasteiger partial charge in [-0.25, -0.2) is 18.0 Å². The summed E-state index contributed by atoms with van der Waals surface area (Å²) >= 11 is 0. The topological polar surface area (TPSA) is 86.7 Å². The first-order valence-corrected chi connectivity index (χ1v) is 9.19. The molecule has 0 aliphatic heterocycles. The van der Waals surface area contributed by atoms with E-state index in [0.717, 1.165) is 0 Å². The number of carbonyl (C=O) groups is 2. The minimum Gasteiger partial charge on any atom is -0.462 e. The second-order valence-corrected chi connectivity index (χ2v) is 6.82. The van der Waals surface area contributed by atoms with Crippen LogP contribution in [0.15, 0.2) is 58.3 Å². The minimum absolute atomic E-state index is 0.0805. The zero-order chi connectivity index (χ0) is 18.4.